The van der Waals surface area contributed by atoms with Crippen LogP contribution in [0.4, 0.5) is 0 Å². The zero-order chi connectivity index (χ0) is 11.5. The first-order valence-corrected chi connectivity index (χ1v) is 7.99. The van der Waals surface area contributed by atoms with Crippen LogP contribution in [0.1, 0.15) is 58.3 Å². The lowest BCUT2D eigenvalue weighted by Gasteiger charge is -2.60. The van der Waals surface area contributed by atoms with Gasteiger partial charge in [-0.05, 0) is 88.0 Å². The van der Waals surface area contributed by atoms with E-state index in [-0.39, 0.29) is 0 Å². The summed E-state index contributed by atoms with van der Waals surface area (Å²) >= 11 is 0. The largest absolute Gasteiger partial charge is 0.311 e. The molecule has 5 fully saturated rings. The molecule has 1 saturated heterocycles. The first-order valence-electron chi connectivity index (χ1n) is 7.99. The smallest absolute Gasteiger partial charge is 0.0186 e. The Hall–Kier alpha value is -0.0400. The van der Waals surface area contributed by atoms with Gasteiger partial charge in [0.1, 0.15) is 0 Å². The standard InChI is InChI=1S/C16H27N/c1-16(4-2-3-5-17-16)15-13-7-11-6-12(9-13)10-14(15)8-11/h11-15,17H,2-10H2,1H3. The Bertz CT molecular complexity index is 275. The molecule has 1 heterocycles. The summed E-state index contributed by atoms with van der Waals surface area (Å²) in [5.74, 6) is 5.45. The maximum Gasteiger partial charge on any atom is 0.0186 e. The van der Waals surface area contributed by atoms with E-state index in [0.717, 1.165) is 29.6 Å². The molecule has 1 atom stereocenters. The van der Waals surface area contributed by atoms with E-state index in [0.29, 0.717) is 5.54 Å². The van der Waals surface area contributed by atoms with Crippen molar-refractivity contribution in [3.63, 3.8) is 0 Å². The number of hydrogen-bond donors (Lipinski definition) is 1. The van der Waals surface area contributed by atoms with Crippen molar-refractivity contribution in [2.45, 2.75) is 63.8 Å². The van der Waals surface area contributed by atoms with Crippen LogP contribution in [-0.4, -0.2) is 12.1 Å². The highest BCUT2D eigenvalue weighted by atomic mass is 15.0. The molecule has 0 spiro atoms. The number of piperidine rings is 1. The van der Waals surface area contributed by atoms with Crippen LogP contribution in [-0.2, 0) is 0 Å². The van der Waals surface area contributed by atoms with Gasteiger partial charge >= 0.3 is 0 Å². The van der Waals surface area contributed by atoms with Crippen molar-refractivity contribution in [1.29, 1.82) is 0 Å². The summed E-state index contributed by atoms with van der Waals surface area (Å²) in [4.78, 5) is 0. The fraction of sp³-hybridized carbons (Fsp3) is 1.00. The van der Waals surface area contributed by atoms with Crippen LogP contribution in [0.25, 0.3) is 0 Å². The van der Waals surface area contributed by atoms with Gasteiger partial charge in [0.25, 0.3) is 0 Å². The Labute approximate surface area is 106 Å². The molecule has 0 radical (unpaired) electrons. The van der Waals surface area contributed by atoms with E-state index >= 15 is 0 Å². The van der Waals surface area contributed by atoms with E-state index in [4.69, 9.17) is 0 Å². The third-order valence-electron chi connectivity index (χ3n) is 6.61. The minimum Gasteiger partial charge on any atom is -0.311 e. The van der Waals surface area contributed by atoms with Gasteiger partial charge in [0.2, 0.25) is 0 Å². The molecule has 1 heteroatoms. The first-order chi connectivity index (χ1) is 8.24. The van der Waals surface area contributed by atoms with Crippen molar-refractivity contribution in [1.82, 2.24) is 5.32 Å². The van der Waals surface area contributed by atoms with Gasteiger partial charge in [-0.3, -0.25) is 0 Å². The minimum atomic E-state index is 0.501. The van der Waals surface area contributed by atoms with Crippen LogP contribution < -0.4 is 5.32 Å². The number of rotatable bonds is 1. The molecule has 5 rings (SSSR count). The average molecular weight is 233 g/mol. The normalized spacial score (nSPS) is 57.4. The van der Waals surface area contributed by atoms with Gasteiger partial charge in [0.05, 0.1) is 0 Å². The van der Waals surface area contributed by atoms with Crippen LogP contribution in [0, 0.1) is 29.6 Å². The van der Waals surface area contributed by atoms with Gasteiger partial charge in [0, 0.05) is 5.54 Å². The van der Waals surface area contributed by atoms with Crippen molar-refractivity contribution in [2.24, 2.45) is 29.6 Å². The minimum absolute atomic E-state index is 0.501. The van der Waals surface area contributed by atoms with Crippen LogP contribution >= 0.6 is 0 Å². The Balaban J connectivity index is 1.61. The lowest BCUT2D eigenvalue weighted by atomic mass is 9.48. The highest BCUT2D eigenvalue weighted by Crippen LogP contribution is 2.59. The summed E-state index contributed by atoms with van der Waals surface area (Å²) in [5, 5.41) is 3.92. The van der Waals surface area contributed by atoms with E-state index in [1.807, 2.05) is 0 Å². The Morgan fingerprint density at radius 3 is 2.06 bits per heavy atom. The lowest BCUT2D eigenvalue weighted by molar-refractivity contribution is -0.0798. The highest BCUT2D eigenvalue weighted by molar-refractivity contribution is 5.06. The third kappa shape index (κ3) is 1.61. The fourth-order valence-corrected chi connectivity index (χ4v) is 6.33. The van der Waals surface area contributed by atoms with E-state index in [9.17, 15) is 0 Å². The monoisotopic (exact) mass is 233 g/mol. The molecular weight excluding hydrogens is 206 g/mol. The zero-order valence-electron chi connectivity index (χ0n) is 11.3. The molecule has 0 amide bonds. The number of nitrogens with one attached hydrogen (secondary N) is 1. The molecule has 1 aliphatic heterocycles. The molecule has 4 bridgehead atoms. The molecule has 0 aromatic carbocycles. The molecule has 17 heavy (non-hydrogen) atoms. The first kappa shape index (κ1) is 10.8. The maximum absolute atomic E-state index is 3.92. The summed E-state index contributed by atoms with van der Waals surface area (Å²) < 4.78 is 0. The average Bonchev–Trinajstić information content (AvgIpc) is 2.27. The summed E-state index contributed by atoms with van der Waals surface area (Å²) in [6, 6.07) is 0. The van der Waals surface area contributed by atoms with Gasteiger partial charge in [-0.2, -0.15) is 0 Å². The Morgan fingerprint density at radius 2 is 1.53 bits per heavy atom. The topological polar surface area (TPSA) is 12.0 Å². The summed E-state index contributed by atoms with van der Waals surface area (Å²) in [7, 11) is 0. The van der Waals surface area contributed by atoms with Gasteiger partial charge in [-0.15, -0.1) is 0 Å². The molecule has 4 saturated carbocycles. The molecule has 4 aliphatic carbocycles. The third-order valence-corrected chi connectivity index (χ3v) is 6.61. The molecule has 1 N–H and O–H groups in total. The van der Waals surface area contributed by atoms with Crippen molar-refractivity contribution in [3.05, 3.63) is 0 Å². The molecule has 0 aromatic heterocycles. The molecule has 5 aliphatic rings. The second-order valence-electron chi connectivity index (χ2n) is 7.76. The van der Waals surface area contributed by atoms with Crippen molar-refractivity contribution < 1.29 is 0 Å². The number of hydrogen-bond acceptors (Lipinski definition) is 1. The summed E-state index contributed by atoms with van der Waals surface area (Å²) in [5.41, 5.74) is 0.501. The predicted molar refractivity (Wildman–Crippen MR) is 70.8 cm³/mol. The quantitative estimate of drug-likeness (QED) is 0.730. The van der Waals surface area contributed by atoms with Crippen LogP contribution in [0.15, 0.2) is 0 Å². The van der Waals surface area contributed by atoms with Crippen LogP contribution in [0.5, 0.6) is 0 Å². The summed E-state index contributed by atoms with van der Waals surface area (Å²) in [6.07, 6.45) is 12.2. The molecule has 1 nitrogen and oxygen atoms in total. The van der Waals surface area contributed by atoms with Crippen molar-refractivity contribution in [3.8, 4) is 0 Å². The highest BCUT2D eigenvalue weighted by Gasteiger charge is 2.53. The predicted octanol–water partition coefficient (Wildman–Crippen LogP) is 3.59. The van der Waals surface area contributed by atoms with Gasteiger partial charge in [0.15, 0.2) is 0 Å². The van der Waals surface area contributed by atoms with E-state index < -0.39 is 0 Å². The SMILES string of the molecule is CC1(C2C3CC4CC(C3)CC2C4)CCCCN1. The lowest BCUT2D eigenvalue weighted by Crippen LogP contribution is -2.60. The van der Waals surface area contributed by atoms with Crippen molar-refractivity contribution >= 4 is 0 Å². The van der Waals surface area contributed by atoms with Gasteiger partial charge in [-0.25, -0.2) is 0 Å². The molecule has 96 valence electrons. The van der Waals surface area contributed by atoms with E-state index in [1.54, 1.807) is 32.1 Å². The Kier molecular flexibility index (Phi) is 2.38. The van der Waals surface area contributed by atoms with E-state index in [2.05, 4.69) is 12.2 Å². The Morgan fingerprint density at radius 1 is 0.882 bits per heavy atom. The zero-order valence-corrected chi connectivity index (χ0v) is 11.3. The van der Waals surface area contributed by atoms with Crippen LogP contribution in [0.2, 0.25) is 0 Å². The van der Waals surface area contributed by atoms with E-state index in [1.165, 1.54) is 25.8 Å². The fourth-order valence-electron chi connectivity index (χ4n) is 6.33. The molecular formula is C16H27N. The molecule has 1 unspecified atom stereocenters. The molecule has 0 aromatic rings. The van der Waals surface area contributed by atoms with Gasteiger partial charge < -0.3 is 5.32 Å². The van der Waals surface area contributed by atoms with Crippen LogP contribution in [0.3, 0.4) is 0 Å². The second kappa shape index (κ2) is 3.73. The van der Waals surface area contributed by atoms with Crippen molar-refractivity contribution in [2.75, 3.05) is 6.54 Å². The summed E-state index contributed by atoms with van der Waals surface area (Å²) in [6.45, 7) is 3.83. The maximum atomic E-state index is 3.92. The van der Waals surface area contributed by atoms with Gasteiger partial charge in [-0.1, -0.05) is 6.42 Å². The second-order valence-corrected chi connectivity index (χ2v) is 7.76.